The van der Waals surface area contributed by atoms with E-state index in [-0.39, 0.29) is 43.7 Å². The minimum atomic E-state index is -0.530. The highest BCUT2D eigenvalue weighted by molar-refractivity contribution is 6.25. The van der Waals surface area contributed by atoms with E-state index in [1.165, 1.54) is 4.90 Å². The molecule has 5 rings (SSSR count). The van der Waals surface area contributed by atoms with Crippen LogP contribution in [-0.4, -0.2) is 48.3 Å². The van der Waals surface area contributed by atoms with Crippen LogP contribution in [0.5, 0.6) is 0 Å². The number of imide groups is 1. The fourth-order valence-electron chi connectivity index (χ4n) is 4.75. The first-order valence-corrected chi connectivity index (χ1v) is 11.5. The van der Waals surface area contributed by atoms with Gasteiger partial charge >= 0.3 is 5.97 Å². The van der Waals surface area contributed by atoms with Gasteiger partial charge in [-0.05, 0) is 48.4 Å². The zero-order chi connectivity index (χ0) is 23.7. The number of para-hydroxylation sites is 1. The molecule has 2 aliphatic rings. The van der Waals surface area contributed by atoms with Crippen LogP contribution < -0.4 is 4.90 Å². The number of carbonyl (C=O) groups excluding carboxylic acids is 4. The summed E-state index contributed by atoms with van der Waals surface area (Å²) in [7, 11) is 0. The fourth-order valence-corrected chi connectivity index (χ4v) is 4.75. The van der Waals surface area contributed by atoms with Crippen molar-refractivity contribution in [2.45, 2.75) is 25.7 Å². The van der Waals surface area contributed by atoms with E-state index in [4.69, 9.17) is 4.74 Å². The van der Waals surface area contributed by atoms with Gasteiger partial charge in [0.2, 0.25) is 0 Å². The molecule has 3 aromatic carbocycles. The van der Waals surface area contributed by atoms with Crippen LogP contribution in [0.25, 0.3) is 10.8 Å². The maximum Gasteiger partial charge on any atom is 0.306 e. The third kappa shape index (κ3) is 3.94. The van der Waals surface area contributed by atoms with Gasteiger partial charge in [-0.2, -0.15) is 0 Å². The molecule has 2 aliphatic heterocycles. The molecule has 2 heterocycles. The highest BCUT2D eigenvalue weighted by atomic mass is 16.5. The van der Waals surface area contributed by atoms with Crippen LogP contribution in [0.15, 0.2) is 60.7 Å². The summed E-state index contributed by atoms with van der Waals surface area (Å²) in [6, 6.07) is 18.5. The minimum absolute atomic E-state index is 0.00672. The molecule has 0 spiro atoms. The smallest absolute Gasteiger partial charge is 0.306 e. The van der Waals surface area contributed by atoms with Gasteiger partial charge in [0.25, 0.3) is 17.7 Å². The SMILES string of the molecule is O=C(CCCN1C(=O)c2cccc3cccc(c23)C1=O)OCC(=O)N1CCCc2ccccc21. The zero-order valence-corrected chi connectivity index (χ0v) is 18.7. The molecular weight excluding hydrogens is 432 g/mol. The molecule has 3 amide bonds. The van der Waals surface area contributed by atoms with Gasteiger partial charge in [0, 0.05) is 41.7 Å². The molecular formula is C27H24N2O5. The number of ether oxygens (including phenoxy) is 1. The summed E-state index contributed by atoms with van der Waals surface area (Å²) < 4.78 is 5.20. The second kappa shape index (κ2) is 9.09. The third-order valence-electron chi connectivity index (χ3n) is 6.39. The molecule has 34 heavy (non-hydrogen) atoms. The van der Waals surface area contributed by atoms with Crippen molar-refractivity contribution in [3.63, 3.8) is 0 Å². The largest absolute Gasteiger partial charge is 0.456 e. The van der Waals surface area contributed by atoms with E-state index < -0.39 is 5.97 Å². The van der Waals surface area contributed by atoms with E-state index in [1.54, 1.807) is 29.2 Å². The van der Waals surface area contributed by atoms with Crippen molar-refractivity contribution in [2.75, 3.05) is 24.6 Å². The van der Waals surface area contributed by atoms with Crippen LogP contribution in [0.2, 0.25) is 0 Å². The van der Waals surface area contributed by atoms with Crippen molar-refractivity contribution in [3.8, 4) is 0 Å². The van der Waals surface area contributed by atoms with Gasteiger partial charge in [0.15, 0.2) is 6.61 Å². The van der Waals surface area contributed by atoms with Crippen LogP contribution in [0.3, 0.4) is 0 Å². The van der Waals surface area contributed by atoms with Crippen LogP contribution in [0.4, 0.5) is 5.69 Å². The van der Waals surface area contributed by atoms with Crippen LogP contribution in [0, 0.1) is 0 Å². The van der Waals surface area contributed by atoms with Crippen LogP contribution in [-0.2, 0) is 20.7 Å². The number of hydrogen-bond donors (Lipinski definition) is 0. The summed E-state index contributed by atoms with van der Waals surface area (Å²) in [5.74, 6) is -1.51. The van der Waals surface area contributed by atoms with E-state index in [2.05, 4.69) is 0 Å². The second-order valence-electron chi connectivity index (χ2n) is 8.51. The van der Waals surface area contributed by atoms with Crippen molar-refractivity contribution in [1.82, 2.24) is 4.90 Å². The highest BCUT2D eigenvalue weighted by Crippen LogP contribution is 2.30. The first-order valence-electron chi connectivity index (χ1n) is 11.5. The Morgan fingerprint density at radius 1 is 0.882 bits per heavy atom. The zero-order valence-electron chi connectivity index (χ0n) is 18.7. The summed E-state index contributed by atoms with van der Waals surface area (Å²) in [6.07, 6.45) is 2.06. The van der Waals surface area contributed by atoms with Gasteiger partial charge in [-0.3, -0.25) is 24.1 Å². The predicted molar refractivity (Wildman–Crippen MR) is 127 cm³/mol. The van der Waals surface area contributed by atoms with Gasteiger partial charge in [0.1, 0.15) is 0 Å². The molecule has 7 heteroatoms. The van der Waals surface area contributed by atoms with Gasteiger partial charge in [-0.1, -0.05) is 42.5 Å². The molecule has 0 radical (unpaired) electrons. The second-order valence-corrected chi connectivity index (χ2v) is 8.51. The normalized spacial score (nSPS) is 14.8. The monoisotopic (exact) mass is 456 g/mol. The van der Waals surface area contributed by atoms with Crippen LogP contribution >= 0.6 is 0 Å². The Labute approximate surface area is 196 Å². The topological polar surface area (TPSA) is 84.0 Å². The van der Waals surface area contributed by atoms with Crippen molar-refractivity contribution in [3.05, 3.63) is 77.4 Å². The molecule has 0 unspecified atom stereocenters. The lowest BCUT2D eigenvalue weighted by atomic mass is 9.94. The molecule has 0 bridgehead atoms. The standard InChI is InChI=1S/C27H24N2O5/c30-23(28-15-5-10-18-7-1-2-13-22(18)28)17-34-24(31)14-6-16-29-26(32)20-11-3-8-19-9-4-12-21(25(19)20)27(29)33/h1-4,7-9,11-13H,5-6,10,14-17H2. The van der Waals surface area contributed by atoms with E-state index in [1.807, 2.05) is 36.4 Å². The van der Waals surface area contributed by atoms with Crippen molar-refractivity contribution >= 4 is 40.2 Å². The molecule has 0 aliphatic carbocycles. The number of aryl methyl sites for hydroxylation is 1. The average Bonchev–Trinajstić information content (AvgIpc) is 2.87. The number of anilines is 1. The molecule has 0 N–H and O–H groups in total. The van der Waals surface area contributed by atoms with E-state index in [0.717, 1.165) is 29.5 Å². The summed E-state index contributed by atoms with van der Waals surface area (Å²) in [6.45, 7) is 0.371. The fraction of sp³-hybridized carbons (Fsp3) is 0.259. The van der Waals surface area contributed by atoms with Gasteiger partial charge in [-0.25, -0.2) is 0 Å². The Morgan fingerprint density at radius 2 is 1.59 bits per heavy atom. The molecule has 0 atom stereocenters. The van der Waals surface area contributed by atoms with Crippen molar-refractivity contribution in [2.24, 2.45) is 0 Å². The predicted octanol–water partition coefficient (Wildman–Crippen LogP) is 3.74. The van der Waals surface area contributed by atoms with Crippen molar-refractivity contribution in [1.29, 1.82) is 0 Å². The number of amides is 3. The number of benzene rings is 3. The number of esters is 1. The summed E-state index contributed by atoms with van der Waals surface area (Å²) in [4.78, 5) is 53.6. The lowest BCUT2D eigenvalue weighted by Gasteiger charge is -2.29. The Morgan fingerprint density at radius 3 is 2.32 bits per heavy atom. The Kier molecular flexibility index (Phi) is 5.84. The third-order valence-corrected chi connectivity index (χ3v) is 6.39. The van der Waals surface area contributed by atoms with Gasteiger partial charge in [-0.15, -0.1) is 0 Å². The highest BCUT2D eigenvalue weighted by Gasteiger charge is 2.32. The Bertz CT molecular complexity index is 1260. The number of hydrogen-bond acceptors (Lipinski definition) is 5. The van der Waals surface area contributed by atoms with E-state index in [0.29, 0.717) is 23.1 Å². The molecule has 3 aromatic rings. The molecule has 7 nitrogen and oxygen atoms in total. The Balaban J connectivity index is 1.16. The number of fused-ring (bicyclic) bond motifs is 1. The number of rotatable bonds is 6. The summed E-state index contributed by atoms with van der Waals surface area (Å²) in [5.41, 5.74) is 2.96. The molecule has 0 saturated heterocycles. The minimum Gasteiger partial charge on any atom is -0.456 e. The lowest BCUT2D eigenvalue weighted by molar-refractivity contribution is -0.148. The first-order chi connectivity index (χ1) is 16.5. The maximum absolute atomic E-state index is 12.9. The van der Waals surface area contributed by atoms with E-state index >= 15 is 0 Å². The van der Waals surface area contributed by atoms with Crippen molar-refractivity contribution < 1.29 is 23.9 Å². The Hall–Kier alpha value is -4.00. The van der Waals surface area contributed by atoms with Crippen LogP contribution in [0.1, 0.15) is 45.5 Å². The maximum atomic E-state index is 12.9. The summed E-state index contributed by atoms with van der Waals surface area (Å²) >= 11 is 0. The summed E-state index contributed by atoms with van der Waals surface area (Å²) in [5, 5.41) is 1.52. The lowest BCUT2D eigenvalue weighted by Crippen LogP contribution is -2.41. The number of carbonyl (C=O) groups is 4. The van der Waals surface area contributed by atoms with Gasteiger partial charge < -0.3 is 9.64 Å². The van der Waals surface area contributed by atoms with Gasteiger partial charge in [0.05, 0.1) is 0 Å². The quantitative estimate of drug-likeness (QED) is 0.417. The number of nitrogens with zero attached hydrogens (tertiary/aromatic N) is 2. The van der Waals surface area contributed by atoms with E-state index in [9.17, 15) is 19.2 Å². The molecule has 0 aromatic heterocycles. The molecule has 0 saturated carbocycles. The first kappa shape index (κ1) is 21.8. The average molecular weight is 456 g/mol. The molecule has 172 valence electrons. The molecule has 0 fully saturated rings.